The Kier molecular flexibility index (Phi) is 4.47. The third-order valence-corrected chi connectivity index (χ3v) is 4.28. The van der Waals surface area contributed by atoms with Gasteiger partial charge in [0.2, 0.25) is 5.91 Å². The first-order valence-corrected chi connectivity index (χ1v) is 7.96. The van der Waals surface area contributed by atoms with E-state index in [-0.39, 0.29) is 36.8 Å². The van der Waals surface area contributed by atoms with Crippen LogP contribution in [-0.4, -0.2) is 15.5 Å². The molecule has 0 unspecified atom stereocenters. The summed E-state index contributed by atoms with van der Waals surface area (Å²) in [5.41, 5.74) is 0.275. The van der Waals surface area contributed by atoms with Crippen molar-refractivity contribution in [1.82, 2.24) is 14.9 Å². The number of amides is 1. The number of nitrogens with zero attached hydrogens (tertiary/aromatic N) is 2. The molecule has 0 saturated carbocycles. The van der Waals surface area contributed by atoms with Gasteiger partial charge >= 0.3 is 0 Å². The van der Waals surface area contributed by atoms with Crippen LogP contribution in [0.15, 0.2) is 46.8 Å². The number of nitrogens with one attached hydrogen (secondary N) is 1. The van der Waals surface area contributed by atoms with Crippen molar-refractivity contribution >= 4 is 27.5 Å². The van der Waals surface area contributed by atoms with Crippen molar-refractivity contribution < 1.29 is 9.18 Å². The number of halogens is 1. The molecule has 0 bridgehead atoms. The molecule has 118 valence electrons. The molecule has 1 amide bonds. The summed E-state index contributed by atoms with van der Waals surface area (Å²) in [5.74, 6) is -0.596. The van der Waals surface area contributed by atoms with E-state index in [1.165, 1.54) is 28.3 Å². The van der Waals surface area contributed by atoms with E-state index in [1.807, 2.05) is 5.38 Å². The summed E-state index contributed by atoms with van der Waals surface area (Å²) in [6.45, 7) is 0.364. The molecule has 0 aliphatic heterocycles. The van der Waals surface area contributed by atoms with Crippen molar-refractivity contribution in [1.29, 1.82) is 0 Å². The van der Waals surface area contributed by atoms with Gasteiger partial charge in [0.25, 0.3) is 5.56 Å². The predicted molar refractivity (Wildman–Crippen MR) is 86.7 cm³/mol. The van der Waals surface area contributed by atoms with Gasteiger partial charge in [-0.1, -0.05) is 18.2 Å². The first kappa shape index (κ1) is 15.4. The highest BCUT2D eigenvalue weighted by atomic mass is 32.1. The monoisotopic (exact) mass is 331 g/mol. The maximum absolute atomic E-state index is 13.5. The number of carbonyl (C=O) groups is 1. The quantitative estimate of drug-likeness (QED) is 0.780. The number of fused-ring (bicyclic) bond motifs is 1. The summed E-state index contributed by atoms with van der Waals surface area (Å²) in [5, 5.41) is 5.02. The smallest absolute Gasteiger partial charge is 0.262 e. The molecule has 23 heavy (non-hydrogen) atoms. The van der Waals surface area contributed by atoms with Crippen molar-refractivity contribution in [3.63, 3.8) is 0 Å². The molecule has 7 heteroatoms. The Morgan fingerprint density at radius 1 is 1.30 bits per heavy atom. The normalized spacial score (nSPS) is 10.8. The standard InChI is InChI=1S/C16H14FN3O2S/c17-13-4-2-1-3-11(13)9-18-14(21)5-7-20-10-19-15-12(16(20)22)6-8-23-15/h1-4,6,8,10H,5,7,9H2,(H,18,21). The topological polar surface area (TPSA) is 64.0 Å². The van der Waals surface area contributed by atoms with Gasteiger partial charge in [0, 0.05) is 25.1 Å². The van der Waals surface area contributed by atoms with Crippen molar-refractivity contribution in [3.8, 4) is 0 Å². The zero-order chi connectivity index (χ0) is 16.2. The zero-order valence-corrected chi connectivity index (χ0v) is 13.0. The largest absolute Gasteiger partial charge is 0.352 e. The van der Waals surface area contributed by atoms with E-state index in [9.17, 15) is 14.0 Å². The molecule has 0 radical (unpaired) electrons. The van der Waals surface area contributed by atoms with Crippen LogP contribution in [0.25, 0.3) is 10.2 Å². The fourth-order valence-electron chi connectivity index (χ4n) is 2.20. The lowest BCUT2D eigenvalue weighted by Crippen LogP contribution is -2.27. The average Bonchev–Trinajstić information content (AvgIpc) is 3.03. The third-order valence-electron chi connectivity index (χ3n) is 3.46. The van der Waals surface area contributed by atoms with Crippen LogP contribution in [0.3, 0.4) is 0 Å². The molecule has 0 aliphatic carbocycles. The van der Waals surface area contributed by atoms with Gasteiger partial charge in [0.15, 0.2) is 0 Å². The fraction of sp³-hybridized carbons (Fsp3) is 0.188. The van der Waals surface area contributed by atoms with Gasteiger partial charge in [-0.25, -0.2) is 9.37 Å². The van der Waals surface area contributed by atoms with E-state index in [0.29, 0.717) is 15.8 Å². The Balaban J connectivity index is 1.59. The third kappa shape index (κ3) is 3.45. The van der Waals surface area contributed by atoms with E-state index >= 15 is 0 Å². The Morgan fingerprint density at radius 2 is 2.13 bits per heavy atom. The molecule has 2 aromatic heterocycles. The molecular weight excluding hydrogens is 317 g/mol. The van der Waals surface area contributed by atoms with Crippen LogP contribution in [-0.2, 0) is 17.9 Å². The van der Waals surface area contributed by atoms with Crippen LogP contribution in [0.2, 0.25) is 0 Å². The first-order chi connectivity index (χ1) is 11.1. The molecule has 0 aliphatic rings. The van der Waals surface area contributed by atoms with Crippen LogP contribution >= 0.6 is 11.3 Å². The molecule has 3 aromatic rings. The van der Waals surface area contributed by atoms with E-state index in [1.54, 1.807) is 24.3 Å². The van der Waals surface area contributed by atoms with Crippen molar-refractivity contribution in [2.75, 3.05) is 0 Å². The van der Waals surface area contributed by atoms with Gasteiger partial charge in [-0.2, -0.15) is 0 Å². The molecule has 0 fully saturated rings. The van der Waals surface area contributed by atoms with Crippen LogP contribution in [0.5, 0.6) is 0 Å². The van der Waals surface area contributed by atoms with E-state index < -0.39 is 0 Å². The highest BCUT2D eigenvalue weighted by Crippen LogP contribution is 2.13. The number of carbonyl (C=O) groups excluding carboxylic acids is 1. The summed E-state index contributed by atoms with van der Waals surface area (Å²) in [6, 6.07) is 8.01. The first-order valence-electron chi connectivity index (χ1n) is 7.08. The fourth-order valence-corrected chi connectivity index (χ4v) is 2.92. The van der Waals surface area contributed by atoms with Crippen LogP contribution in [0.4, 0.5) is 4.39 Å². The predicted octanol–water partition coefficient (Wildman–Crippen LogP) is 2.30. The van der Waals surface area contributed by atoms with Crippen molar-refractivity contribution in [2.45, 2.75) is 19.5 Å². The number of hydrogen-bond acceptors (Lipinski definition) is 4. The van der Waals surface area contributed by atoms with Gasteiger partial charge in [-0.15, -0.1) is 11.3 Å². The lowest BCUT2D eigenvalue weighted by Gasteiger charge is -2.07. The number of thiophene rings is 1. The van der Waals surface area contributed by atoms with Gasteiger partial charge in [-0.05, 0) is 17.5 Å². The van der Waals surface area contributed by atoms with Crippen molar-refractivity contribution in [3.05, 3.63) is 63.8 Å². The molecular formula is C16H14FN3O2S. The maximum Gasteiger partial charge on any atom is 0.262 e. The van der Waals surface area contributed by atoms with E-state index in [2.05, 4.69) is 10.3 Å². The zero-order valence-electron chi connectivity index (χ0n) is 12.2. The molecule has 0 spiro atoms. The second kappa shape index (κ2) is 6.70. The summed E-state index contributed by atoms with van der Waals surface area (Å²) in [6.07, 6.45) is 1.58. The highest BCUT2D eigenvalue weighted by molar-refractivity contribution is 7.16. The molecule has 0 atom stereocenters. The highest BCUT2D eigenvalue weighted by Gasteiger charge is 2.08. The Hall–Kier alpha value is -2.54. The Morgan fingerprint density at radius 3 is 2.96 bits per heavy atom. The number of aryl methyl sites for hydroxylation is 1. The van der Waals surface area contributed by atoms with Gasteiger partial charge in [0.05, 0.1) is 11.7 Å². The molecule has 1 N–H and O–H groups in total. The van der Waals surface area contributed by atoms with Crippen molar-refractivity contribution in [2.24, 2.45) is 0 Å². The molecule has 5 nitrogen and oxygen atoms in total. The van der Waals surface area contributed by atoms with Crippen LogP contribution in [0, 0.1) is 5.82 Å². The van der Waals surface area contributed by atoms with Crippen LogP contribution < -0.4 is 10.9 Å². The maximum atomic E-state index is 13.5. The van der Waals surface area contributed by atoms with E-state index in [0.717, 1.165) is 0 Å². The SMILES string of the molecule is O=C(CCn1cnc2sccc2c1=O)NCc1ccccc1F. The number of aromatic nitrogens is 2. The van der Waals surface area contributed by atoms with Gasteiger partial charge < -0.3 is 5.32 Å². The molecule has 3 rings (SSSR count). The molecule has 1 aromatic carbocycles. The number of hydrogen-bond donors (Lipinski definition) is 1. The number of rotatable bonds is 5. The lowest BCUT2D eigenvalue weighted by molar-refractivity contribution is -0.121. The summed E-state index contributed by atoms with van der Waals surface area (Å²) in [7, 11) is 0. The number of benzene rings is 1. The average molecular weight is 331 g/mol. The minimum absolute atomic E-state index is 0.127. The second-order valence-corrected chi connectivity index (χ2v) is 5.90. The lowest BCUT2D eigenvalue weighted by atomic mass is 10.2. The van der Waals surface area contributed by atoms with Gasteiger partial charge in [0.1, 0.15) is 10.6 Å². The Bertz CT molecular complexity index is 903. The summed E-state index contributed by atoms with van der Waals surface area (Å²) < 4.78 is 14.9. The Labute approximate surface area is 135 Å². The summed E-state index contributed by atoms with van der Waals surface area (Å²) >= 11 is 1.40. The minimum atomic E-state index is -0.351. The van der Waals surface area contributed by atoms with Crippen LogP contribution in [0.1, 0.15) is 12.0 Å². The second-order valence-electron chi connectivity index (χ2n) is 5.00. The minimum Gasteiger partial charge on any atom is -0.352 e. The molecule has 0 saturated heterocycles. The van der Waals surface area contributed by atoms with Gasteiger partial charge in [-0.3, -0.25) is 14.2 Å². The summed E-state index contributed by atoms with van der Waals surface area (Å²) in [4.78, 5) is 28.9. The molecule has 2 heterocycles. The van der Waals surface area contributed by atoms with E-state index in [4.69, 9.17) is 0 Å².